The molecular weight excluding hydrogens is 276 g/mol. The highest BCUT2D eigenvalue weighted by Gasteiger charge is 2.09. The third kappa shape index (κ3) is 3.39. The van der Waals surface area contributed by atoms with Crippen LogP contribution in [0.25, 0.3) is 11.4 Å². The summed E-state index contributed by atoms with van der Waals surface area (Å²) in [5.74, 6) is 1.17. The van der Waals surface area contributed by atoms with Gasteiger partial charge < -0.3 is 0 Å². The molecule has 0 N–H and O–H groups in total. The molecule has 6 heteroatoms. The van der Waals surface area contributed by atoms with Crippen LogP contribution in [0, 0.1) is 12.8 Å². The second kappa shape index (κ2) is 6.09. The highest BCUT2D eigenvalue weighted by molar-refractivity contribution is 5.50. The average molecular weight is 296 g/mol. The molecule has 0 saturated heterocycles. The Kier molecular flexibility index (Phi) is 4.00. The summed E-state index contributed by atoms with van der Waals surface area (Å²) in [6, 6.07) is 8.31. The molecule has 114 valence electrons. The van der Waals surface area contributed by atoms with Gasteiger partial charge in [-0.1, -0.05) is 43.7 Å². The quantitative estimate of drug-likeness (QED) is 0.726. The number of hydrogen-bond acceptors (Lipinski definition) is 4. The Morgan fingerprint density at radius 3 is 2.86 bits per heavy atom. The number of aromatic nitrogens is 6. The highest BCUT2D eigenvalue weighted by atomic mass is 15.6. The van der Waals surface area contributed by atoms with Gasteiger partial charge in [0, 0.05) is 12.7 Å². The monoisotopic (exact) mass is 296 g/mol. The van der Waals surface area contributed by atoms with E-state index in [1.54, 1.807) is 11.0 Å². The molecule has 0 aliphatic rings. The minimum atomic E-state index is 0.553. The van der Waals surface area contributed by atoms with Crippen molar-refractivity contribution >= 4 is 0 Å². The molecule has 0 unspecified atom stereocenters. The molecule has 3 aromatic rings. The molecule has 1 aromatic carbocycles. The van der Waals surface area contributed by atoms with Crippen LogP contribution < -0.4 is 0 Å². The van der Waals surface area contributed by atoms with Crippen molar-refractivity contribution < 1.29 is 0 Å². The summed E-state index contributed by atoms with van der Waals surface area (Å²) in [6.45, 7) is 7.91. The first-order valence-corrected chi connectivity index (χ1v) is 7.46. The molecule has 22 heavy (non-hydrogen) atoms. The lowest BCUT2D eigenvalue weighted by atomic mass is 10.1. The predicted octanol–water partition coefficient (Wildman–Crippen LogP) is 2.55. The Hall–Kier alpha value is -2.50. The molecule has 0 aliphatic heterocycles. The van der Waals surface area contributed by atoms with Gasteiger partial charge >= 0.3 is 0 Å². The molecule has 0 radical (unpaired) electrons. The Labute approximate surface area is 129 Å². The molecule has 0 saturated carbocycles. The first-order chi connectivity index (χ1) is 10.6. The Bertz CT molecular complexity index is 755. The number of aryl methyl sites for hydroxylation is 1. The fourth-order valence-electron chi connectivity index (χ4n) is 2.35. The maximum absolute atomic E-state index is 4.44. The fourth-order valence-corrected chi connectivity index (χ4v) is 2.35. The Morgan fingerprint density at radius 2 is 2.09 bits per heavy atom. The van der Waals surface area contributed by atoms with Crippen molar-refractivity contribution in [2.75, 3.05) is 0 Å². The van der Waals surface area contributed by atoms with Crippen molar-refractivity contribution in [3.63, 3.8) is 0 Å². The number of nitrogens with zero attached hydrogens (tertiary/aromatic N) is 6. The van der Waals surface area contributed by atoms with Crippen LogP contribution >= 0.6 is 0 Å². The van der Waals surface area contributed by atoms with Gasteiger partial charge in [0.15, 0.2) is 0 Å². The van der Waals surface area contributed by atoms with E-state index in [0.29, 0.717) is 18.3 Å². The Balaban J connectivity index is 1.74. The molecule has 6 nitrogen and oxygen atoms in total. The molecule has 0 fully saturated rings. The largest absolute Gasteiger partial charge is 0.272 e. The number of hydrogen-bond donors (Lipinski definition) is 0. The first kappa shape index (κ1) is 14.4. The van der Waals surface area contributed by atoms with Gasteiger partial charge in [-0.25, -0.2) is 0 Å². The van der Waals surface area contributed by atoms with Crippen molar-refractivity contribution in [3.05, 3.63) is 47.8 Å². The van der Waals surface area contributed by atoms with Crippen molar-refractivity contribution in [2.45, 2.75) is 33.9 Å². The van der Waals surface area contributed by atoms with Crippen LogP contribution in [0.2, 0.25) is 0 Å². The third-order valence-corrected chi connectivity index (χ3v) is 3.30. The van der Waals surface area contributed by atoms with Crippen molar-refractivity contribution in [3.8, 4) is 11.4 Å². The van der Waals surface area contributed by atoms with E-state index in [1.165, 1.54) is 11.1 Å². The van der Waals surface area contributed by atoms with Crippen molar-refractivity contribution in [1.29, 1.82) is 0 Å². The summed E-state index contributed by atoms with van der Waals surface area (Å²) in [5, 5.41) is 17.0. The summed E-state index contributed by atoms with van der Waals surface area (Å²) in [6.07, 6.45) is 3.75. The average Bonchev–Trinajstić information content (AvgIpc) is 3.07. The number of benzene rings is 1. The van der Waals surface area contributed by atoms with Crippen LogP contribution in [0.1, 0.15) is 25.0 Å². The molecule has 0 atom stereocenters. The normalized spacial score (nSPS) is 11.3. The third-order valence-electron chi connectivity index (χ3n) is 3.30. The lowest BCUT2D eigenvalue weighted by Crippen LogP contribution is -2.04. The van der Waals surface area contributed by atoms with Crippen LogP contribution in [0.3, 0.4) is 0 Å². The second-order valence-corrected chi connectivity index (χ2v) is 5.98. The zero-order valence-electron chi connectivity index (χ0n) is 13.1. The molecular formula is C16H20N6. The van der Waals surface area contributed by atoms with E-state index >= 15 is 0 Å². The molecule has 0 amide bonds. The van der Waals surface area contributed by atoms with E-state index in [1.807, 2.05) is 16.9 Å². The van der Waals surface area contributed by atoms with Gasteiger partial charge in [-0.15, -0.1) is 10.2 Å². The van der Waals surface area contributed by atoms with Crippen LogP contribution in [0.4, 0.5) is 0 Å². The van der Waals surface area contributed by atoms with E-state index in [-0.39, 0.29) is 0 Å². The molecule has 0 aliphatic carbocycles. The van der Waals surface area contributed by atoms with Crippen LogP contribution in [-0.2, 0) is 13.1 Å². The smallest absolute Gasteiger partial charge is 0.208 e. The van der Waals surface area contributed by atoms with Gasteiger partial charge in [-0.3, -0.25) is 4.68 Å². The van der Waals surface area contributed by atoms with Gasteiger partial charge in [-0.05, 0) is 23.6 Å². The van der Waals surface area contributed by atoms with Gasteiger partial charge in [0.05, 0.1) is 18.3 Å². The zero-order chi connectivity index (χ0) is 15.5. The SMILES string of the molecule is Cc1cccc(Cn2nnc(-c3cnn(CC(C)C)c3)n2)c1. The second-order valence-electron chi connectivity index (χ2n) is 5.98. The van der Waals surface area contributed by atoms with E-state index in [9.17, 15) is 0 Å². The van der Waals surface area contributed by atoms with Crippen molar-refractivity contribution in [2.24, 2.45) is 5.92 Å². The molecule has 0 spiro atoms. The van der Waals surface area contributed by atoms with Gasteiger partial charge in [-0.2, -0.15) is 9.90 Å². The van der Waals surface area contributed by atoms with E-state index in [2.05, 4.69) is 59.5 Å². The summed E-state index contributed by atoms with van der Waals surface area (Å²) in [7, 11) is 0. The van der Waals surface area contributed by atoms with Gasteiger partial charge in [0.1, 0.15) is 0 Å². The number of rotatable bonds is 5. The fraction of sp³-hybridized carbons (Fsp3) is 0.375. The lowest BCUT2D eigenvalue weighted by Gasteiger charge is -2.02. The number of tetrazole rings is 1. The molecule has 0 bridgehead atoms. The maximum Gasteiger partial charge on any atom is 0.208 e. The zero-order valence-corrected chi connectivity index (χ0v) is 13.1. The van der Waals surface area contributed by atoms with Crippen molar-refractivity contribution in [1.82, 2.24) is 30.0 Å². The highest BCUT2D eigenvalue weighted by Crippen LogP contribution is 2.13. The summed E-state index contributed by atoms with van der Waals surface area (Å²) >= 11 is 0. The molecule has 3 rings (SSSR count). The van der Waals surface area contributed by atoms with Gasteiger partial charge in [0.2, 0.25) is 5.82 Å². The van der Waals surface area contributed by atoms with E-state index in [4.69, 9.17) is 0 Å². The van der Waals surface area contributed by atoms with Crippen LogP contribution in [0.15, 0.2) is 36.7 Å². The van der Waals surface area contributed by atoms with Gasteiger partial charge in [0.25, 0.3) is 0 Å². The van der Waals surface area contributed by atoms with E-state index in [0.717, 1.165) is 12.1 Å². The summed E-state index contributed by atoms with van der Waals surface area (Å²) in [5.41, 5.74) is 3.29. The van der Waals surface area contributed by atoms with Crippen LogP contribution in [0.5, 0.6) is 0 Å². The first-order valence-electron chi connectivity index (χ1n) is 7.46. The standard InChI is InChI=1S/C16H20N6/c1-12(2)9-21-11-15(8-17-21)16-18-20-22(19-16)10-14-6-4-5-13(3)7-14/h4-8,11-12H,9-10H2,1-3H3. The molecule has 2 aromatic heterocycles. The summed E-state index contributed by atoms with van der Waals surface area (Å²) < 4.78 is 1.92. The Morgan fingerprint density at radius 1 is 1.23 bits per heavy atom. The minimum Gasteiger partial charge on any atom is -0.272 e. The minimum absolute atomic E-state index is 0.553. The topological polar surface area (TPSA) is 61.4 Å². The molecule has 2 heterocycles. The summed E-state index contributed by atoms with van der Waals surface area (Å²) in [4.78, 5) is 1.61. The predicted molar refractivity (Wildman–Crippen MR) is 84.2 cm³/mol. The lowest BCUT2D eigenvalue weighted by molar-refractivity contribution is 0.483. The maximum atomic E-state index is 4.44. The van der Waals surface area contributed by atoms with Crippen LogP contribution in [-0.4, -0.2) is 30.0 Å². The van der Waals surface area contributed by atoms with E-state index < -0.39 is 0 Å².